The van der Waals surface area contributed by atoms with Gasteiger partial charge in [-0.25, -0.2) is 4.79 Å². The van der Waals surface area contributed by atoms with Crippen molar-refractivity contribution in [2.75, 3.05) is 12.9 Å². The van der Waals surface area contributed by atoms with Crippen molar-refractivity contribution >= 4 is 22.0 Å². The van der Waals surface area contributed by atoms with Crippen molar-refractivity contribution in [2.24, 2.45) is 0 Å². The number of esters is 1. The summed E-state index contributed by atoms with van der Waals surface area (Å²) in [5.74, 6) is -2.21. The van der Waals surface area contributed by atoms with Gasteiger partial charge in [-0.05, 0) is 32.1 Å². The van der Waals surface area contributed by atoms with Crippen molar-refractivity contribution in [3.05, 3.63) is 12.2 Å². The third-order valence-electron chi connectivity index (χ3n) is 4.86. The van der Waals surface area contributed by atoms with Crippen LogP contribution in [-0.4, -0.2) is 43.8 Å². The Balaban J connectivity index is 3.70. The van der Waals surface area contributed by atoms with Gasteiger partial charge in [0, 0.05) is 6.42 Å². The van der Waals surface area contributed by atoms with Crippen molar-refractivity contribution < 1.29 is 27.3 Å². The van der Waals surface area contributed by atoms with Crippen LogP contribution in [0.15, 0.2) is 12.2 Å². The summed E-state index contributed by atoms with van der Waals surface area (Å²) in [6.45, 7) is 2.23. The molecule has 0 aromatic heterocycles. The number of nitrogens with one attached hydrogen (secondary N) is 1. The standard InChI is InChI=1S/C22H41NO6S/c1-3-4-5-6-7-8-9-10-11-12-13-14-15-16-17-18-21(24)23-20(22(25)29-2)19-30(26,27)28/h10-11,20H,3-9,12-19H2,1-2H3,(H,23,24)(H,26,27,28)/b11-10-. The molecule has 1 atom stereocenters. The molecule has 0 rings (SSSR count). The lowest BCUT2D eigenvalue weighted by molar-refractivity contribution is -0.144. The van der Waals surface area contributed by atoms with Gasteiger partial charge in [0.1, 0.15) is 11.8 Å². The fourth-order valence-electron chi connectivity index (χ4n) is 3.14. The van der Waals surface area contributed by atoms with Gasteiger partial charge < -0.3 is 10.1 Å². The fourth-order valence-corrected chi connectivity index (χ4v) is 3.78. The molecule has 0 aliphatic rings. The monoisotopic (exact) mass is 447 g/mol. The Kier molecular flexibility index (Phi) is 17.5. The van der Waals surface area contributed by atoms with Crippen LogP contribution in [0, 0.1) is 0 Å². The summed E-state index contributed by atoms with van der Waals surface area (Å²) >= 11 is 0. The SMILES string of the molecule is CCCCCCCC/C=C\CCCCCCCC(=O)NC(CS(=O)(=O)O)C(=O)OC. The van der Waals surface area contributed by atoms with Crippen molar-refractivity contribution in [1.29, 1.82) is 0 Å². The number of ether oxygens (including phenoxy) is 1. The largest absolute Gasteiger partial charge is 0.467 e. The van der Waals surface area contributed by atoms with Gasteiger partial charge in [0.25, 0.3) is 10.1 Å². The lowest BCUT2D eigenvalue weighted by atomic mass is 10.1. The van der Waals surface area contributed by atoms with E-state index in [-0.39, 0.29) is 6.42 Å². The number of carbonyl (C=O) groups is 2. The number of rotatable bonds is 19. The van der Waals surface area contributed by atoms with Crippen LogP contribution in [0.5, 0.6) is 0 Å². The molecule has 8 heteroatoms. The molecule has 176 valence electrons. The normalized spacial score (nSPS) is 12.8. The Morgan fingerprint density at radius 2 is 1.40 bits per heavy atom. The first kappa shape index (κ1) is 28.6. The van der Waals surface area contributed by atoms with E-state index in [0.29, 0.717) is 6.42 Å². The summed E-state index contributed by atoms with van der Waals surface area (Å²) in [5.41, 5.74) is 0. The zero-order valence-electron chi connectivity index (χ0n) is 18.7. The van der Waals surface area contributed by atoms with Crippen LogP contribution in [0.1, 0.15) is 96.8 Å². The quantitative estimate of drug-likeness (QED) is 0.130. The zero-order valence-corrected chi connectivity index (χ0v) is 19.6. The minimum absolute atomic E-state index is 0.205. The smallest absolute Gasteiger partial charge is 0.329 e. The highest BCUT2D eigenvalue weighted by Gasteiger charge is 2.26. The molecular formula is C22H41NO6S. The van der Waals surface area contributed by atoms with Gasteiger partial charge in [-0.2, -0.15) is 8.42 Å². The number of hydrogen-bond acceptors (Lipinski definition) is 5. The molecule has 1 amide bonds. The highest BCUT2D eigenvalue weighted by atomic mass is 32.2. The van der Waals surface area contributed by atoms with E-state index in [1.54, 1.807) is 0 Å². The van der Waals surface area contributed by atoms with E-state index in [0.717, 1.165) is 39.2 Å². The maximum absolute atomic E-state index is 11.9. The zero-order chi connectivity index (χ0) is 22.7. The van der Waals surface area contributed by atoms with Crippen LogP contribution >= 0.6 is 0 Å². The molecule has 0 aliphatic carbocycles. The van der Waals surface area contributed by atoms with E-state index in [1.165, 1.54) is 44.9 Å². The van der Waals surface area contributed by atoms with Gasteiger partial charge in [-0.3, -0.25) is 9.35 Å². The summed E-state index contributed by atoms with van der Waals surface area (Å²) in [6, 6.07) is -1.39. The predicted octanol–water partition coefficient (Wildman–Crippen LogP) is 4.57. The fraction of sp³-hybridized carbons (Fsp3) is 0.818. The van der Waals surface area contributed by atoms with Gasteiger partial charge in [-0.1, -0.05) is 70.4 Å². The van der Waals surface area contributed by atoms with E-state index < -0.39 is 33.8 Å². The Bertz CT molecular complexity index is 588. The third-order valence-corrected chi connectivity index (χ3v) is 5.62. The maximum atomic E-state index is 11.9. The number of unbranched alkanes of at least 4 members (excludes halogenated alkanes) is 11. The summed E-state index contributed by atoms with van der Waals surface area (Å²) < 4.78 is 35.2. The lowest BCUT2D eigenvalue weighted by Crippen LogP contribution is -2.45. The third kappa shape index (κ3) is 18.6. The number of carbonyl (C=O) groups excluding carboxylic acids is 2. The van der Waals surface area contributed by atoms with Crippen LogP contribution in [0.4, 0.5) is 0 Å². The second kappa shape index (κ2) is 18.4. The molecule has 1 unspecified atom stereocenters. The molecule has 7 nitrogen and oxygen atoms in total. The summed E-state index contributed by atoms with van der Waals surface area (Å²) in [6.07, 6.45) is 19.8. The molecule has 2 N–H and O–H groups in total. The molecule has 0 bridgehead atoms. The molecule has 0 aliphatic heterocycles. The summed E-state index contributed by atoms with van der Waals surface area (Å²) in [4.78, 5) is 23.4. The molecule has 30 heavy (non-hydrogen) atoms. The first-order chi connectivity index (χ1) is 14.3. The average molecular weight is 448 g/mol. The van der Waals surface area contributed by atoms with Crippen LogP contribution in [0.25, 0.3) is 0 Å². The Labute approximate surface area is 182 Å². The first-order valence-corrected chi connectivity index (χ1v) is 12.9. The van der Waals surface area contributed by atoms with Gasteiger partial charge in [-0.15, -0.1) is 0 Å². The van der Waals surface area contributed by atoms with Crippen molar-refractivity contribution in [3.8, 4) is 0 Å². The van der Waals surface area contributed by atoms with Crippen LogP contribution in [-0.2, 0) is 24.4 Å². The van der Waals surface area contributed by atoms with E-state index in [4.69, 9.17) is 4.55 Å². The average Bonchev–Trinajstić information content (AvgIpc) is 2.68. The Hall–Kier alpha value is -1.41. The highest BCUT2D eigenvalue weighted by Crippen LogP contribution is 2.10. The molecule has 0 spiro atoms. The van der Waals surface area contributed by atoms with E-state index in [2.05, 4.69) is 29.1 Å². The molecule has 0 heterocycles. The van der Waals surface area contributed by atoms with E-state index in [9.17, 15) is 18.0 Å². The number of amides is 1. The number of methoxy groups -OCH3 is 1. The topological polar surface area (TPSA) is 110 Å². The van der Waals surface area contributed by atoms with E-state index in [1.807, 2.05) is 0 Å². The number of hydrogen-bond donors (Lipinski definition) is 2. The molecule has 0 fully saturated rings. The molecule has 0 radical (unpaired) electrons. The molecule has 0 aromatic rings. The summed E-state index contributed by atoms with van der Waals surface area (Å²) in [7, 11) is -3.30. The van der Waals surface area contributed by atoms with E-state index >= 15 is 0 Å². The van der Waals surface area contributed by atoms with Gasteiger partial charge in [0.05, 0.1) is 7.11 Å². The Morgan fingerprint density at radius 3 is 1.90 bits per heavy atom. The second-order valence-corrected chi connectivity index (χ2v) is 9.22. The van der Waals surface area contributed by atoms with Crippen LogP contribution in [0.3, 0.4) is 0 Å². The second-order valence-electron chi connectivity index (χ2n) is 7.73. The van der Waals surface area contributed by atoms with Crippen molar-refractivity contribution in [3.63, 3.8) is 0 Å². The highest BCUT2D eigenvalue weighted by molar-refractivity contribution is 7.85. The summed E-state index contributed by atoms with van der Waals surface area (Å²) in [5, 5.41) is 2.31. The first-order valence-electron chi connectivity index (χ1n) is 11.3. The minimum Gasteiger partial charge on any atom is -0.467 e. The molecule has 0 aromatic carbocycles. The van der Waals surface area contributed by atoms with Crippen LogP contribution < -0.4 is 5.32 Å². The number of allylic oxidation sites excluding steroid dienone is 2. The van der Waals surface area contributed by atoms with Gasteiger partial charge in [0.15, 0.2) is 0 Å². The maximum Gasteiger partial charge on any atom is 0.329 e. The molecule has 0 saturated carbocycles. The lowest BCUT2D eigenvalue weighted by Gasteiger charge is -2.14. The minimum atomic E-state index is -4.40. The van der Waals surface area contributed by atoms with Gasteiger partial charge in [0.2, 0.25) is 5.91 Å². The van der Waals surface area contributed by atoms with Gasteiger partial charge >= 0.3 is 5.97 Å². The van der Waals surface area contributed by atoms with Crippen molar-refractivity contribution in [1.82, 2.24) is 5.32 Å². The predicted molar refractivity (Wildman–Crippen MR) is 120 cm³/mol. The Morgan fingerprint density at radius 1 is 0.900 bits per heavy atom. The molecular weight excluding hydrogens is 406 g/mol. The van der Waals surface area contributed by atoms with Crippen LogP contribution in [0.2, 0.25) is 0 Å². The van der Waals surface area contributed by atoms with Crippen molar-refractivity contribution in [2.45, 2.75) is 103 Å². The molecule has 0 saturated heterocycles.